The van der Waals surface area contributed by atoms with Gasteiger partial charge in [0, 0.05) is 36.6 Å². The van der Waals surface area contributed by atoms with Gasteiger partial charge < -0.3 is 15.4 Å². The van der Waals surface area contributed by atoms with Crippen molar-refractivity contribution < 1.29 is 4.74 Å². The summed E-state index contributed by atoms with van der Waals surface area (Å²) in [6.07, 6.45) is 2.49. The average Bonchev–Trinajstić information content (AvgIpc) is 3.22. The van der Waals surface area contributed by atoms with Crippen LogP contribution in [-0.4, -0.2) is 45.2 Å². The lowest BCUT2D eigenvalue weighted by Gasteiger charge is -2.39. The first-order valence-corrected chi connectivity index (χ1v) is 10.4. The third-order valence-corrected chi connectivity index (χ3v) is 6.18. The lowest BCUT2D eigenvalue weighted by Crippen LogP contribution is -2.44. The van der Waals surface area contributed by atoms with Crippen LogP contribution in [0.4, 0.5) is 0 Å². The summed E-state index contributed by atoms with van der Waals surface area (Å²) in [7, 11) is 5.77. The zero-order valence-electron chi connectivity index (χ0n) is 16.4. The Morgan fingerprint density at radius 1 is 1.26 bits per heavy atom. The van der Waals surface area contributed by atoms with Crippen molar-refractivity contribution in [2.45, 2.75) is 25.4 Å². The molecule has 0 aliphatic carbocycles. The highest BCUT2D eigenvalue weighted by atomic mass is 32.1. The standard InChI is InChI=1S/C21H30N4OS/c1-22-21(23-14-16-8-4-5-10-18(16)26-3)24-15-17-9-6-12-25(2)20(17)19-11-7-13-27-19/h4-5,7-8,10-11,13,17,20H,6,9,12,14-15H2,1-3H3,(H2,22,23,24). The molecule has 1 fully saturated rings. The highest BCUT2D eigenvalue weighted by Crippen LogP contribution is 2.36. The second-order valence-electron chi connectivity index (χ2n) is 6.96. The summed E-state index contributed by atoms with van der Waals surface area (Å²) in [6.45, 7) is 2.76. The van der Waals surface area contributed by atoms with Crippen LogP contribution in [0.25, 0.3) is 0 Å². The van der Waals surface area contributed by atoms with Crippen LogP contribution < -0.4 is 15.4 Å². The largest absolute Gasteiger partial charge is 0.496 e. The average molecular weight is 387 g/mol. The topological polar surface area (TPSA) is 48.9 Å². The van der Waals surface area contributed by atoms with Gasteiger partial charge in [-0.3, -0.25) is 9.89 Å². The Hall–Kier alpha value is -2.05. The fraction of sp³-hybridized carbons (Fsp3) is 0.476. The van der Waals surface area contributed by atoms with Crippen molar-refractivity contribution in [3.8, 4) is 5.75 Å². The molecule has 1 aliphatic rings. The number of guanidine groups is 1. The molecule has 27 heavy (non-hydrogen) atoms. The van der Waals surface area contributed by atoms with E-state index in [0.29, 0.717) is 18.5 Å². The lowest BCUT2D eigenvalue weighted by molar-refractivity contribution is 0.125. The minimum absolute atomic E-state index is 0.485. The van der Waals surface area contributed by atoms with Crippen molar-refractivity contribution in [1.29, 1.82) is 0 Å². The Balaban J connectivity index is 1.58. The van der Waals surface area contributed by atoms with Gasteiger partial charge in [0.2, 0.25) is 0 Å². The molecule has 0 spiro atoms. The summed E-state index contributed by atoms with van der Waals surface area (Å²) in [4.78, 5) is 8.34. The number of aliphatic imine (C=N–C) groups is 1. The molecule has 0 saturated carbocycles. The monoisotopic (exact) mass is 386 g/mol. The second kappa shape index (κ2) is 9.76. The second-order valence-corrected chi connectivity index (χ2v) is 7.94. The van der Waals surface area contributed by atoms with Crippen LogP contribution in [0.5, 0.6) is 5.75 Å². The van der Waals surface area contributed by atoms with E-state index in [1.165, 1.54) is 24.3 Å². The van der Waals surface area contributed by atoms with Gasteiger partial charge in [-0.25, -0.2) is 0 Å². The number of piperidine rings is 1. The highest BCUT2D eigenvalue weighted by molar-refractivity contribution is 7.10. The number of ether oxygens (including phenoxy) is 1. The van der Waals surface area contributed by atoms with E-state index < -0.39 is 0 Å². The van der Waals surface area contributed by atoms with Crippen molar-refractivity contribution in [2.75, 3.05) is 34.3 Å². The maximum atomic E-state index is 5.43. The Morgan fingerprint density at radius 2 is 2.11 bits per heavy atom. The van der Waals surface area contributed by atoms with Crippen LogP contribution in [0.3, 0.4) is 0 Å². The summed E-state index contributed by atoms with van der Waals surface area (Å²) in [5.74, 6) is 2.30. The number of methoxy groups -OCH3 is 1. The molecule has 0 radical (unpaired) electrons. The van der Waals surface area contributed by atoms with Crippen LogP contribution in [0, 0.1) is 5.92 Å². The number of hydrogen-bond donors (Lipinski definition) is 2. The van der Waals surface area contributed by atoms with Gasteiger partial charge >= 0.3 is 0 Å². The predicted octanol–water partition coefficient (Wildman–Crippen LogP) is 3.50. The zero-order valence-corrected chi connectivity index (χ0v) is 17.3. The van der Waals surface area contributed by atoms with E-state index in [2.05, 4.69) is 51.2 Å². The molecule has 1 aromatic carbocycles. The first-order valence-electron chi connectivity index (χ1n) is 9.53. The van der Waals surface area contributed by atoms with Gasteiger partial charge in [0.25, 0.3) is 0 Å². The molecule has 1 saturated heterocycles. The van der Waals surface area contributed by atoms with Gasteiger partial charge in [-0.2, -0.15) is 0 Å². The van der Waals surface area contributed by atoms with Gasteiger partial charge in [0.15, 0.2) is 5.96 Å². The lowest BCUT2D eigenvalue weighted by atomic mass is 9.88. The molecule has 146 valence electrons. The fourth-order valence-electron chi connectivity index (χ4n) is 3.86. The molecule has 5 nitrogen and oxygen atoms in total. The Morgan fingerprint density at radius 3 is 2.85 bits per heavy atom. The summed E-state index contributed by atoms with van der Waals surface area (Å²) in [5, 5.41) is 9.12. The number of hydrogen-bond acceptors (Lipinski definition) is 4. The van der Waals surface area contributed by atoms with E-state index in [-0.39, 0.29) is 0 Å². The molecule has 2 aromatic rings. The number of rotatable bonds is 6. The minimum atomic E-state index is 0.485. The zero-order chi connectivity index (χ0) is 19.1. The summed E-state index contributed by atoms with van der Waals surface area (Å²) >= 11 is 1.86. The van der Waals surface area contributed by atoms with Gasteiger partial charge in [0.1, 0.15) is 5.75 Å². The first kappa shape index (κ1) is 19.7. The Labute approximate surface area is 166 Å². The summed E-state index contributed by atoms with van der Waals surface area (Å²) in [5.41, 5.74) is 1.12. The molecule has 2 heterocycles. The number of thiophene rings is 1. The normalized spacial score (nSPS) is 21.1. The SMILES string of the molecule is CN=C(NCc1ccccc1OC)NCC1CCCN(C)C1c1cccs1. The minimum Gasteiger partial charge on any atom is -0.496 e. The molecule has 3 rings (SSSR count). The van der Waals surface area contributed by atoms with Crippen LogP contribution in [-0.2, 0) is 6.54 Å². The molecule has 2 N–H and O–H groups in total. The number of likely N-dealkylation sites (tertiary alicyclic amines) is 1. The van der Waals surface area contributed by atoms with Gasteiger partial charge in [-0.15, -0.1) is 11.3 Å². The number of nitrogens with zero attached hydrogens (tertiary/aromatic N) is 2. The van der Waals surface area contributed by atoms with Crippen molar-refractivity contribution in [3.05, 3.63) is 52.2 Å². The molecule has 6 heteroatoms. The third kappa shape index (κ3) is 5.02. The predicted molar refractivity (Wildman–Crippen MR) is 114 cm³/mol. The molecular weight excluding hydrogens is 356 g/mol. The molecule has 1 aromatic heterocycles. The maximum absolute atomic E-state index is 5.43. The Kier molecular flexibility index (Phi) is 7.12. The van der Waals surface area contributed by atoms with Crippen molar-refractivity contribution in [2.24, 2.45) is 10.9 Å². The van der Waals surface area contributed by atoms with Gasteiger partial charge in [-0.05, 0) is 49.9 Å². The molecule has 1 aliphatic heterocycles. The number of benzene rings is 1. The summed E-state index contributed by atoms with van der Waals surface area (Å²) < 4.78 is 5.43. The van der Waals surface area contributed by atoms with E-state index in [1.807, 2.05) is 36.6 Å². The van der Waals surface area contributed by atoms with Crippen molar-refractivity contribution in [1.82, 2.24) is 15.5 Å². The van der Waals surface area contributed by atoms with Crippen LogP contribution in [0.2, 0.25) is 0 Å². The van der Waals surface area contributed by atoms with E-state index in [0.717, 1.165) is 23.8 Å². The van der Waals surface area contributed by atoms with Crippen LogP contribution in [0.15, 0.2) is 46.8 Å². The molecular formula is C21H30N4OS. The quantitative estimate of drug-likeness (QED) is 0.589. The van der Waals surface area contributed by atoms with E-state index in [1.54, 1.807) is 7.11 Å². The van der Waals surface area contributed by atoms with E-state index >= 15 is 0 Å². The maximum Gasteiger partial charge on any atom is 0.191 e. The molecule has 2 atom stereocenters. The van der Waals surface area contributed by atoms with Crippen molar-refractivity contribution in [3.63, 3.8) is 0 Å². The Bertz CT molecular complexity index is 732. The van der Waals surface area contributed by atoms with Crippen molar-refractivity contribution >= 4 is 17.3 Å². The first-order chi connectivity index (χ1) is 13.2. The highest BCUT2D eigenvalue weighted by Gasteiger charge is 2.31. The number of para-hydroxylation sites is 1. The van der Waals surface area contributed by atoms with Crippen LogP contribution >= 0.6 is 11.3 Å². The van der Waals surface area contributed by atoms with Gasteiger partial charge in [-0.1, -0.05) is 24.3 Å². The summed E-state index contributed by atoms with van der Waals surface area (Å²) in [6, 6.07) is 13.0. The molecule has 2 unspecified atom stereocenters. The fourth-order valence-corrected chi connectivity index (χ4v) is 4.84. The third-order valence-electron chi connectivity index (χ3n) is 5.24. The number of nitrogens with one attached hydrogen (secondary N) is 2. The van der Waals surface area contributed by atoms with Crippen LogP contribution in [0.1, 0.15) is 29.3 Å². The molecule has 0 amide bonds. The smallest absolute Gasteiger partial charge is 0.191 e. The van der Waals surface area contributed by atoms with E-state index in [4.69, 9.17) is 4.74 Å². The van der Waals surface area contributed by atoms with Gasteiger partial charge in [0.05, 0.1) is 7.11 Å². The molecule has 0 bridgehead atoms. The van der Waals surface area contributed by atoms with E-state index in [9.17, 15) is 0 Å².